The van der Waals surface area contributed by atoms with Gasteiger partial charge in [-0.05, 0) is 12.1 Å². The fourth-order valence-corrected chi connectivity index (χ4v) is 1.36. The summed E-state index contributed by atoms with van der Waals surface area (Å²) in [5.74, 6) is -1.34. The number of aromatic nitrogens is 1. The van der Waals surface area contributed by atoms with Gasteiger partial charge < -0.3 is 15.0 Å². The molecule has 0 aromatic carbocycles. The summed E-state index contributed by atoms with van der Waals surface area (Å²) < 4.78 is 17.4. The molecule has 0 bridgehead atoms. The van der Waals surface area contributed by atoms with Crippen molar-refractivity contribution in [3.05, 3.63) is 29.8 Å². The zero-order valence-corrected chi connectivity index (χ0v) is 10.9. The van der Waals surface area contributed by atoms with Crippen molar-refractivity contribution in [3.8, 4) is 0 Å². The molecule has 0 unspecified atom stereocenters. The van der Waals surface area contributed by atoms with Crippen LogP contribution in [0.15, 0.2) is 18.3 Å². The lowest BCUT2D eigenvalue weighted by molar-refractivity contribution is -0.121. The molecule has 0 fully saturated rings. The van der Waals surface area contributed by atoms with Crippen molar-refractivity contribution in [2.75, 3.05) is 33.9 Å². The fourth-order valence-electron chi connectivity index (χ4n) is 1.36. The fraction of sp³-hybridized carbons (Fsp3) is 0.417. The van der Waals surface area contributed by atoms with Crippen LogP contribution in [0.25, 0.3) is 0 Å². The number of methoxy groups -OCH3 is 1. The third kappa shape index (κ3) is 5.01. The highest BCUT2D eigenvalue weighted by Gasteiger charge is 2.15. The summed E-state index contributed by atoms with van der Waals surface area (Å²) >= 11 is 0. The Bertz CT molecular complexity index is 436. The summed E-state index contributed by atoms with van der Waals surface area (Å²) in [5.41, 5.74) is 0.230. The van der Waals surface area contributed by atoms with Gasteiger partial charge in [0, 0.05) is 26.9 Å². The van der Waals surface area contributed by atoms with Crippen LogP contribution in [0.2, 0.25) is 0 Å². The van der Waals surface area contributed by atoms with Gasteiger partial charge in [-0.15, -0.1) is 0 Å². The third-order valence-corrected chi connectivity index (χ3v) is 2.33. The van der Waals surface area contributed by atoms with E-state index in [-0.39, 0.29) is 18.0 Å². The largest absolute Gasteiger partial charge is 0.383 e. The minimum atomic E-state index is -0.656. The lowest BCUT2D eigenvalue weighted by atomic mass is 10.2. The number of likely N-dealkylation sites (N-methyl/N-ethyl adjacent to an activating group) is 1. The Balaban J connectivity index is 2.48. The van der Waals surface area contributed by atoms with Gasteiger partial charge in [-0.25, -0.2) is 4.98 Å². The number of ether oxygens (including phenoxy) is 1. The van der Waals surface area contributed by atoms with E-state index < -0.39 is 11.9 Å². The van der Waals surface area contributed by atoms with Crippen LogP contribution in [-0.2, 0) is 9.53 Å². The molecule has 0 atom stereocenters. The molecule has 0 radical (unpaired) electrons. The number of halogens is 1. The average Bonchev–Trinajstić information content (AvgIpc) is 2.39. The summed E-state index contributed by atoms with van der Waals surface area (Å²) in [7, 11) is 3.02. The number of nitrogens with one attached hydrogen (secondary N) is 1. The highest BCUT2D eigenvalue weighted by atomic mass is 19.1. The SMILES string of the molecule is COCCNC(=O)CN(C)C(=O)c1ccc(F)nc1. The Labute approximate surface area is 110 Å². The average molecular weight is 269 g/mol. The van der Waals surface area contributed by atoms with Gasteiger partial charge in [-0.3, -0.25) is 9.59 Å². The highest BCUT2D eigenvalue weighted by Crippen LogP contribution is 2.02. The molecule has 0 spiro atoms. The summed E-state index contributed by atoms with van der Waals surface area (Å²) in [6.45, 7) is 0.709. The summed E-state index contributed by atoms with van der Waals surface area (Å²) in [4.78, 5) is 28.0. The Morgan fingerprint density at radius 1 is 1.47 bits per heavy atom. The van der Waals surface area contributed by atoms with E-state index in [0.717, 1.165) is 12.3 Å². The van der Waals surface area contributed by atoms with Crippen LogP contribution in [0.4, 0.5) is 4.39 Å². The van der Waals surface area contributed by atoms with E-state index >= 15 is 0 Å². The smallest absolute Gasteiger partial charge is 0.255 e. The van der Waals surface area contributed by atoms with Crippen molar-refractivity contribution < 1.29 is 18.7 Å². The lowest BCUT2D eigenvalue weighted by Crippen LogP contribution is -2.39. The second-order valence-corrected chi connectivity index (χ2v) is 3.87. The van der Waals surface area contributed by atoms with Crippen LogP contribution < -0.4 is 5.32 Å². The first-order valence-corrected chi connectivity index (χ1v) is 5.67. The standard InChI is InChI=1S/C12H16FN3O3/c1-16(8-11(17)14-5-6-19-2)12(18)9-3-4-10(13)15-7-9/h3-4,7H,5-6,8H2,1-2H3,(H,14,17). The van der Waals surface area contributed by atoms with Gasteiger partial charge in [0.15, 0.2) is 0 Å². The Kier molecular flexibility index (Phi) is 5.87. The van der Waals surface area contributed by atoms with Crippen LogP contribution in [0, 0.1) is 5.95 Å². The zero-order chi connectivity index (χ0) is 14.3. The van der Waals surface area contributed by atoms with E-state index in [1.54, 1.807) is 0 Å². The van der Waals surface area contributed by atoms with Gasteiger partial charge in [0.05, 0.1) is 18.7 Å². The maximum atomic E-state index is 12.6. The van der Waals surface area contributed by atoms with Gasteiger partial charge in [0.1, 0.15) is 0 Å². The number of rotatable bonds is 6. The number of hydrogen-bond donors (Lipinski definition) is 1. The van der Waals surface area contributed by atoms with Crippen molar-refractivity contribution in [1.29, 1.82) is 0 Å². The molecule has 1 rings (SSSR count). The van der Waals surface area contributed by atoms with Crippen LogP contribution >= 0.6 is 0 Å². The molecule has 1 heterocycles. The highest BCUT2D eigenvalue weighted by molar-refractivity contribution is 5.96. The number of nitrogens with zero attached hydrogens (tertiary/aromatic N) is 2. The number of carbonyl (C=O) groups is 2. The van der Waals surface area contributed by atoms with Crippen molar-refractivity contribution >= 4 is 11.8 Å². The lowest BCUT2D eigenvalue weighted by Gasteiger charge is -2.16. The number of amides is 2. The molecule has 0 aliphatic carbocycles. The van der Waals surface area contributed by atoms with Crippen molar-refractivity contribution in [2.45, 2.75) is 0 Å². The molecule has 2 amide bonds. The molecule has 0 saturated heterocycles. The first-order valence-electron chi connectivity index (χ1n) is 5.67. The second-order valence-electron chi connectivity index (χ2n) is 3.87. The van der Waals surface area contributed by atoms with E-state index in [1.165, 1.54) is 25.1 Å². The van der Waals surface area contributed by atoms with Crippen LogP contribution in [-0.4, -0.2) is 55.6 Å². The first-order chi connectivity index (χ1) is 9.04. The second kappa shape index (κ2) is 7.42. The van der Waals surface area contributed by atoms with Crippen LogP contribution in [0.5, 0.6) is 0 Å². The quantitative estimate of drug-likeness (QED) is 0.585. The maximum absolute atomic E-state index is 12.6. The van der Waals surface area contributed by atoms with Gasteiger partial charge in [0.25, 0.3) is 5.91 Å². The Morgan fingerprint density at radius 2 is 2.21 bits per heavy atom. The minimum Gasteiger partial charge on any atom is -0.383 e. The third-order valence-electron chi connectivity index (χ3n) is 2.33. The van der Waals surface area contributed by atoms with E-state index in [0.29, 0.717) is 13.2 Å². The molecular weight excluding hydrogens is 253 g/mol. The van der Waals surface area contributed by atoms with Crippen LogP contribution in [0.3, 0.4) is 0 Å². The van der Waals surface area contributed by atoms with E-state index in [1.807, 2.05) is 0 Å². The van der Waals surface area contributed by atoms with Crippen LogP contribution in [0.1, 0.15) is 10.4 Å². The molecule has 0 aliphatic heterocycles. The first kappa shape index (κ1) is 15.0. The molecule has 19 heavy (non-hydrogen) atoms. The molecule has 7 heteroatoms. The van der Waals surface area contributed by atoms with Crippen molar-refractivity contribution in [1.82, 2.24) is 15.2 Å². The molecule has 0 saturated carbocycles. The van der Waals surface area contributed by atoms with E-state index in [2.05, 4.69) is 10.3 Å². The molecule has 6 nitrogen and oxygen atoms in total. The van der Waals surface area contributed by atoms with E-state index in [4.69, 9.17) is 4.74 Å². The summed E-state index contributed by atoms with van der Waals surface area (Å²) in [6.07, 6.45) is 1.14. The maximum Gasteiger partial charge on any atom is 0.255 e. The molecular formula is C12H16FN3O3. The zero-order valence-electron chi connectivity index (χ0n) is 10.9. The predicted molar refractivity (Wildman–Crippen MR) is 66.0 cm³/mol. The topological polar surface area (TPSA) is 71.5 Å². The number of pyridine rings is 1. The summed E-state index contributed by atoms with van der Waals surface area (Å²) in [5, 5.41) is 2.60. The van der Waals surface area contributed by atoms with Gasteiger partial charge in [-0.1, -0.05) is 0 Å². The molecule has 1 aromatic heterocycles. The normalized spacial score (nSPS) is 10.1. The summed E-state index contributed by atoms with van der Waals surface area (Å²) in [6, 6.07) is 2.42. The Morgan fingerprint density at radius 3 is 2.79 bits per heavy atom. The number of hydrogen-bond acceptors (Lipinski definition) is 4. The molecule has 1 aromatic rings. The molecule has 104 valence electrons. The monoisotopic (exact) mass is 269 g/mol. The van der Waals surface area contributed by atoms with Crippen molar-refractivity contribution in [3.63, 3.8) is 0 Å². The van der Waals surface area contributed by atoms with Crippen molar-refractivity contribution in [2.24, 2.45) is 0 Å². The Hall–Kier alpha value is -2.02. The van der Waals surface area contributed by atoms with Gasteiger partial charge in [0.2, 0.25) is 11.9 Å². The minimum absolute atomic E-state index is 0.0834. The van der Waals surface area contributed by atoms with Gasteiger partial charge >= 0.3 is 0 Å². The van der Waals surface area contributed by atoms with E-state index in [9.17, 15) is 14.0 Å². The predicted octanol–water partition coefficient (Wildman–Crippen LogP) is 0.0553. The molecule has 1 N–H and O–H groups in total. The molecule has 0 aliphatic rings. The van der Waals surface area contributed by atoms with Gasteiger partial charge in [-0.2, -0.15) is 4.39 Å². The number of carbonyl (C=O) groups excluding carboxylic acids is 2.